The van der Waals surface area contributed by atoms with Crippen molar-refractivity contribution >= 4 is 5.97 Å². The van der Waals surface area contributed by atoms with Gasteiger partial charge in [-0.15, -0.1) is 0 Å². The minimum Gasteiger partial charge on any atom is -0.480 e. The Balaban J connectivity index is 2.06. The van der Waals surface area contributed by atoms with E-state index in [1.807, 2.05) is 41.2 Å². The topological polar surface area (TPSA) is 67.2 Å². The average Bonchev–Trinajstić information content (AvgIpc) is 2.88. The van der Waals surface area contributed by atoms with Crippen LogP contribution in [0.1, 0.15) is 37.9 Å². The Kier molecular flexibility index (Phi) is 4.43. The molecule has 1 aromatic heterocycles. The van der Waals surface area contributed by atoms with Crippen molar-refractivity contribution in [2.24, 2.45) is 0 Å². The first kappa shape index (κ1) is 15.3. The van der Waals surface area contributed by atoms with Gasteiger partial charge in [0.2, 0.25) is 0 Å². The van der Waals surface area contributed by atoms with Gasteiger partial charge >= 0.3 is 5.97 Å². The number of rotatable bonds is 5. The number of aliphatic carboxylic acids is 1. The van der Waals surface area contributed by atoms with Gasteiger partial charge in [-0.3, -0.25) is 14.8 Å². The van der Waals surface area contributed by atoms with Crippen LogP contribution >= 0.6 is 0 Å². The van der Waals surface area contributed by atoms with Crippen molar-refractivity contribution < 1.29 is 9.90 Å². The summed E-state index contributed by atoms with van der Waals surface area (Å²) in [5, 5.41) is 16.7. The number of nitrogens with one attached hydrogen (secondary N) is 1. The first-order chi connectivity index (χ1) is 9.88. The van der Waals surface area contributed by atoms with Crippen LogP contribution in [0.25, 0.3) is 0 Å². The summed E-state index contributed by atoms with van der Waals surface area (Å²) in [5.41, 5.74) is 1.63. The smallest absolute Gasteiger partial charge is 0.325 e. The van der Waals surface area contributed by atoms with E-state index in [1.165, 1.54) is 0 Å². The van der Waals surface area contributed by atoms with Crippen LogP contribution in [0.4, 0.5) is 0 Å². The standard InChI is InChI=1S/C16H21N3O2/c1-16(2,3)19-11-12(10-18-19)9-17-14(15(20)21)13-7-5-4-6-8-13/h4-8,10-11,14,17H,9H2,1-3H3,(H,20,21)/t14-/m0/s1. The zero-order valence-electron chi connectivity index (χ0n) is 12.6. The second kappa shape index (κ2) is 6.10. The molecule has 0 aliphatic rings. The second-order valence-electron chi connectivity index (χ2n) is 6.03. The van der Waals surface area contributed by atoms with E-state index in [0.717, 1.165) is 11.1 Å². The Morgan fingerprint density at radius 1 is 1.33 bits per heavy atom. The molecule has 0 amide bonds. The largest absolute Gasteiger partial charge is 0.480 e. The lowest BCUT2D eigenvalue weighted by Crippen LogP contribution is -2.28. The van der Waals surface area contributed by atoms with E-state index in [2.05, 4.69) is 31.2 Å². The van der Waals surface area contributed by atoms with Crippen molar-refractivity contribution in [2.75, 3.05) is 0 Å². The summed E-state index contributed by atoms with van der Waals surface area (Å²) < 4.78 is 1.88. The fourth-order valence-electron chi connectivity index (χ4n) is 2.03. The van der Waals surface area contributed by atoms with Crippen LogP contribution in [0, 0.1) is 0 Å². The van der Waals surface area contributed by atoms with Crippen molar-refractivity contribution in [3.8, 4) is 0 Å². The Bertz CT molecular complexity index is 599. The molecule has 1 atom stereocenters. The lowest BCUT2D eigenvalue weighted by Gasteiger charge is -2.18. The molecule has 0 unspecified atom stereocenters. The van der Waals surface area contributed by atoms with E-state index in [9.17, 15) is 9.90 Å². The Morgan fingerprint density at radius 2 is 2.00 bits per heavy atom. The Morgan fingerprint density at radius 3 is 2.52 bits per heavy atom. The molecule has 0 saturated heterocycles. The highest BCUT2D eigenvalue weighted by atomic mass is 16.4. The summed E-state index contributed by atoms with van der Waals surface area (Å²) in [4.78, 5) is 11.4. The minimum atomic E-state index is -0.885. The maximum absolute atomic E-state index is 11.4. The maximum Gasteiger partial charge on any atom is 0.325 e. The van der Waals surface area contributed by atoms with Gasteiger partial charge in [-0.2, -0.15) is 5.10 Å². The molecule has 2 N–H and O–H groups in total. The summed E-state index contributed by atoms with van der Waals surface area (Å²) in [7, 11) is 0. The molecule has 0 radical (unpaired) electrons. The van der Waals surface area contributed by atoms with Gasteiger partial charge in [-0.05, 0) is 26.3 Å². The van der Waals surface area contributed by atoms with E-state index in [-0.39, 0.29) is 5.54 Å². The van der Waals surface area contributed by atoms with E-state index in [0.29, 0.717) is 6.54 Å². The van der Waals surface area contributed by atoms with Crippen LogP contribution in [0.5, 0.6) is 0 Å². The minimum absolute atomic E-state index is 0.0795. The van der Waals surface area contributed by atoms with Crippen molar-refractivity contribution in [2.45, 2.75) is 38.9 Å². The van der Waals surface area contributed by atoms with Crippen molar-refractivity contribution in [1.29, 1.82) is 0 Å². The molecular weight excluding hydrogens is 266 g/mol. The predicted molar refractivity (Wildman–Crippen MR) is 80.9 cm³/mol. The molecule has 1 aromatic carbocycles. The summed E-state index contributed by atoms with van der Waals surface area (Å²) in [6, 6.07) is 8.45. The van der Waals surface area contributed by atoms with E-state index >= 15 is 0 Å². The number of benzene rings is 1. The van der Waals surface area contributed by atoms with Gasteiger partial charge in [-0.25, -0.2) is 0 Å². The SMILES string of the molecule is CC(C)(C)n1cc(CN[C@H](C(=O)O)c2ccccc2)cn1. The van der Waals surface area contributed by atoms with Crippen LogP contribution in [0.15, 0.2) is 42.7 Å². The van der Waals surface area contributed by atoms with Gasteiger partial charge in [0.15, 0.2) is 0 Å². The third-order valence-corrected chi connectivity index (χ3v) is 3.21. The summed E-state index contributed by atoms with van der Waals surface area (Å²) in [6.07, 6.45) is 3.71. The van der Waals surface area contributed by atoms with Gasteiger partial charge < -0.3 is 5.11 Å². The molecular formula is C16H21N3O2. The first-order valence-corrected chi connectivity index (χ1v) is 6.93. The molecule has 1 heterocycles. The average molecular weight is 287 g/mol. The van der Waals surface area contributed by atoms with Crippen LogP contribution in [-0.4, -0.2) is 20.9 Å². The van der Waals surface area contributed by atoms with Gasteiger partial charge in [0, 0.05) is 18.3 Å². The summed E-state index contributed by atoms with van der Waals surface area (Å²) in [6.45, 7) is 6.67. The monoisotopic (exact) mass is 287 g/mol. The first-order valence-electron chi connectivity index (χ1n) is 6.93. The van der Waals surface area contributed by atoms with E-state index < -0.39 is 12.0 Å². The number of carbonyl (C=O) groups is 1. The third kappa shape index (κ3) is 3.92. The van der Waals surface area contributed by atoms with Crippen LogP contribution in [0.3, 0.4) is 0 Å². The summed E-state index contributed by atoms with van der Waals surface area (Å²) in [5.74, 6) is -0.885. The Hall–Kier alpha value is -2.14. The zero-order chi connectivity index (χ0) is 15.5. The van der Waals surface area contributed by atoms with E-state index in [4.69, 9.17) is 0 Å². The molecule has 0 fully saturated rings. The summed E-state index contributed by atoms with van der Waals surface area (Å²) >= 11 is 0. The third-order valence-electron chi connectivity index (χ3n) is 3.21. The lowest BCUT2D eigenvalue weighted by atomic mass is 10.1. The number of carboxylic acids is 1. The molecule has 0 saturated carbocycles. The molecule has 0 bridgehead atoms. The fourth-order valence-corrected chi connectivity index (χ4v) is 2.03. The predicted octanol–water partition coefficient (Wildman–Crippen LogP) is 2.55. The fraction of sp³-hybridized carbons (Fsp3) is 0.375. The highest BCUT2D eigenvalue weighted by molar-refractivity contribution is 5.75. The Labute approximate surface area is 124 Å². The van der Waals surface area contributed by atoms with Gasteiger partial charge in [0.1, 0.15) is 6.04 Å². The highest BCUT2D eigenvalue weighted by Gasteiger charge is 2.19. The lowest BCUT2D eigenvalue weighted by molar-refractivity contribution is -0.139. The number of carboxylic acid groups (broad SMARTS) is 1. The molecule has 5 heteroatoms. The van der Waals surface area contributed by atoms with Crippen molar-refractivity contribution in [3.63, 3.8) is 0 Å². The number of hydrogen-bond donors (Lipinski definition) is 2. The molecule has 2 rings (SSSR count). The zero-order valence-corrected chi connectivity index (χ0v) is 12.6. The van der Waals surface area contributed by atoms with E-state index in [1.54, 1.807) is 6.20 Å². The van der Waals surface area contributed by atoms with Crippen molar-refractivity contribution in [3.05, 3.63) is 53.9 Å². The van der Waals surface area contributed by atoms with Crippen LogP contribution in [0.2, 0.25) is 0 Å². The van der Waals surface area contributed by atoms with Gasteiger partial charge in [0.05, 0.1) is 11.7 Å². The van der Waals surface area contributed by atoms with Crippen molar-refractivity contribution in [1.82, 2.24) is 15.1 Å². The van der Waals surface area contributed by atoms with Gasteiger partial charge in [0.25, 0.3) is 0 Å². The quantitative estimate of drug-likeness (QED) is 0.887. The molecule has 0 aliphatic carbocycles. The molecule has 0 spiro atoms. The maximum atomic E-state index is 11.4. The molecule has 2 aromatic rings. The second-order valence-corrected chi connectivity index (χ2v) is 6.03. The number of hydrogen-bond acceptors (Lipinski definition) is 3. The molecule has 5 nitrogen and oxygen atoms in total. The van der Waals surface area contributed by atoms with Crippen LogP contribution < -0.4 is 5.32 Å². The number of aromatic nitrogens is 2. The van der Waals surface area contributed by atoms with Crippen LogP contribution in [-0.2, 0) is 16.9 Å². The van der Waals surface area contributed by atoms with Gasteiger partial charge in [-0.1, -0.05) is 30.3 Å². The highest BCUT2D eigenvalue weighted by Crippen LogP contribution is 2.16. The molecule has 0 aliphatic heterocycles. The number of nitrogens with zero attached hydrogens (tertiary/aromatic N) is 2. The normalized spacial score (nSPS) is 13.1. The molecule has 112 valence electrons. The molecule has 21 heavy (non-hydrogen) atoms.